The number of carbonyl (C=O) groups excluding carboxylic acids is 3. The number of carbonyl (C=O) groups is 3. The van der Waals surface area contributed by atoms with Gasteiger partial charge in [0.05, 0.1) is 6.61 Å². The molecule has 3 aliphatic rings. The molecule has 0 aromatic heterocycles. The second kappa shape index (κ2) is 8.48. The number of ether oxygens (including phenoxy) is 1. The first-order valence-corrected chi connectivity index (χ1v) is 12.7. The Bertz CT molecular complexity index is 1440. The van der Waals surface area contributed by atoms with Crippen molar-refractivity contribution in [3.63, 3.8) is 0 Å². The minimum absolute atomic E-state index is 0.0420. The van der Waals surface area contributed by atoms with E-state index in [1.165, 1.54) is 4.90 Å². The largest absolute Gasteiger partial charge is 0.462 e. The highest BCUT2D eigenvalue weighted by atomic mass is 35.5. The first kappa shape index (κ1) is 25.1. The number of amides is 1. The van der Waals surface area contributed by atoms with Gasteiger partial charge >= 0.3 is 5.97 Å². The highest BCUT2D eigenvalue weighted by Crippen LogP contribution is 2.58. The van der Waals surface area contributed by atoms with Crippen LogP contribution in [0.2, 0.25) is 5.02 Å². The molecule has 192 valence electrons. The summed E-state index contributed by atoms with van der Waals surface area (Å²) in [4.78, 5) is 45.3. The lowest BCUT2D eigenvalue weighted by Gasteiger charge is -2.47. The van der Waals surface area contributed by atoms with Gasteiger partial charge in [0.25, 0.3) is 0 Å². The topological polar surface area (TPSA) is 92.9 Å². The fourth-order valence-corrected chi connectivity index (χ4v) is 6.17. The number of para-hydroxylation sites is 1. The van der Waals surface area contributed by atoms with Crippen molar-refractivity contribution in [3.05, 3.63) is 81.3 Å². The summed E-state index contributed by atoms with van der Waals surface area (Å²) in [6, 6.07) is 12.7. The smallest absolute Gasteiger partial charge is 0.339 e. The number of fused-ring (bicyclic) bond motifs is 3. The molecule has 0 bridgehead atoms. The summed E-state index contributed by atoms with van der Waals surface area (Å²) in [7, 11) is 1.65. The van der Waals surface area contributed by atoms with Gasteiger partial charge in [0.1, 0.15) is 16.8 Å². The predicted octanol–water partition coefficient (Wildman–Crippen LogP) is 4.76. The summed E-state index contributed by atoms with van der Waals surface area (Å²) >= 11 is 6.50. The molecule has 1 amide bonds. The van der Waals surface area contributed by atoms with E-state index in [0.29, 0.717) is 34.1 Å². The van der Waals surface area contributed by atoms with Crippen LogP contribution in [0.1, 0.15) is 44.7 Å². The van der Waals surface area contributed by atoms with Gasteiger partial charge in [0.15, 0.2) is 5.78 Å². The number of likely N-dealkylation sites (N-methyl/N-ethyl adjacent to an activating group) is 1. The van der Waals surface area contributed by atoms with Crippen molar-refractivity contribution < 1.29 is 19.1 Å². The number of allylic oxidation sites excluding steroid dienone is 1. The molecule has 7 nitrogen and oxygen atoms in total. The third-order valence-corrected chi connectivity index (χ3v) is 7.96. The van der Waals surface area contributed by atoms with Crippen LogP contribution < -0.4 is 15.5 Å². The van der Waals surface area contributed by atoms with Crippen molar-refractivity contribution >= 4 is 40.6 Å². The maximum Gasteiger partial charge on any atom is 0.339 e. The van der Waals surface area contributed by atoms with Gasteiger partial charge in [-0.15, -0.1) is 0 Å². The van der Waals surface area contributed by atoms with Crippen LogP contribution in [0, 0.1) is 12.3 Å². The van der Waals surface area contributed by atoms with Crippen molar-refractivity contribution in [2.75, 3.05) is 23.5 Å². The molecule has 2 heterocycles. The highest BCUT2D eigenvalue weighted by Gasteiger charge is 2.64. The number of halogens is 1. The van der Waals surface area contributed by atoms with Crippen molar-refractivity contribution in [1.29, 1.82) is 0 Å². The molecule has 8 heteroatoms. The number of ketones is 1. The lowest BCUT2D eigenvalue weighted by molar-refractivity contribution is -0.140. The standard InChI is InChI=1S/C29H30ClN3O4/c1-6-37-26(35)24-25(31)33(17-12-11-16(2)19(30)13-17)21-14-28(3,4)15-22(34)23(21)29(24)18-9-7-8-10-20(18)32(5)27(29)36/h7-13H,6,14-15,31H2,1-5H3. The zero-order valence-electron chi connectivity index (χ0n) is 21.6. The molecule has 0 saturated carbocycles. The third-order valence-electron chi connectivity index (χ3n) is 7.56. The quantitative estimate of drug-likeness (QED) is 0.588. The lowest BCUT2D eigenvalue weighted by atomic mass is 9.60. The summed E-state index contributed by atoms with van der Waals surface area (Å²) in [6.07, 6.45) is 0.697. The van der Waals surface area contributed by atoms with Gasteiger partial charge < -0.3 is 15.4 Å². The number of anilines is 2. The van der Waals surface area contributed by atoms with E-state index < -0.39 is 22.7 Å². The monoisotopic (exact) mass is 519 g/mol. The fourth-order valence-electron chi connectivity index (χ4n) is 6.00. The molecular weight excluding hydrogens is 490 g/mol. The van der Waals surface area contributed by atoms with E-state index in [1.54, 1.807) is 37.1 Å². The molecule has 37 heavy (non-hydrogen) atoms. The molecule has 2 aromatic rings. The number of esters is 1. The van der Waals surface area contributed by atoms with Gasteiger partial charge in [-0.05, 0) is 49.4 Å². The highest BCUT2D eigenvalue weighted by molar-refractivity contribution is 6.31. The van der Waals surface area contributed by atoms with Gasteiger partial charge in [-0.2, -0.15) is 0 Å². The first-order valence-electron chi connectivity index (χ1n) is 12.3. The van der Waals surface area contributed by atoms with E-state index in [9.17, 15) is 14.4 Å². The number of aryl methyl sites for hydroxylation is 1. The third kappa shape index (κ3) is 3.44. The van der Waals surface area contributed by atoms with Gasteiger partial charge in [-0.25, -0.2) is 4.79 Å². The first-order chi connectivity index (χ1) is 17.5. The molecular formula is C29H30ClN3O4. The zero-order chi connectivity index (χ0) is 26.9. The predicted molar refractivity (Wildman–Crippen MR) is 143 cm³/mol. The summed E-state index contributed by atoms with van der Waals surface area (Å²) in [6.45, 7) is 7.69. The van der Waals surface area contributed by atoms with E-state index in [4.69, 9.17) is 22.1 Å². The lowest BCUT2D eigenvalue weighted by Crippen LogP contribution is -2.55. The van der Waals surface area contributed by atoms with E-state index in [1.807, 2.05) is 45.0 Å². The number of rotatable bonds is 3. The number of nitrogens with zero attached hydrogens (tertiary/aromatic N) is 2. The molecule has 1 aliphatic carbocycles. The summed E-state index contributed by atoms with van der Waals surface area (Å²) in [5, 5.41) is 0.522. The van der Waals surface area contributed by atoms with Gasteiger partial charge in [-0.1, -0.05) is 49.7 Å². The van der Waals surface area contributed by atoms with Crippen molar-refractivity contribution in [2.45, 2.75) is 46.0 Å². The van der Waals surface area contributed by atoms with Gasteiger partial charge in [-0.3, -0.25) is 14.5 Å². The molecule has 0 fully saturated rings. The Morgan fingerprint density at radius 3 is 2.51 bits per heavy atom. The molecule has 2 aliphatic heterocycles. The van der Waals surface area contributed by atoms with Gasteiger partial charge in [0.2, 0.25) is 5.91 Å². The number of nitrogens with two attached hydrogens (primary N) is 1. The Balaban J connectivity index is 1.94. The molecule has 1 unspecified atom stereocenters. The van der Waals surface area contributed by atoms with Crippen LogP contribution in [-0.4, -0.2) is 31.3 Å². The fraction of sp³-hybridized carbons (Fsp3) is 0.345. The summed E-state index contributed by atoms with van der Waals surface area (Å²) in [5.41, 5.74) is 8.29. The number of hydrogen-bond acceptors (Lipinski definition) is 6. The minimum Gasteiger partial charge on any atom is -0.462 e. The van der Waals surface area contributed by atoms with Crippen LogP contribution in [0.15, 0.2) is 65.1 Å². The van der Waals surface area contributed by atoms with Crippen LogP contribution in [0.25, 0.3) is 0 Å². The van der Waals surface area contributed by atoms with Crippen molar-refractivity contribution in [1.82, 2.24) is 0 Å². The van der Waals surface area contributed by atoms with Crippen molar-refractivity contribution in [2.24, 2.45) is 11.1 Å². The second-order valence-corrected chi connectivity index (χ2v) is 11.1. The molecule has 1 spiro atoms. The second-order valence-electron chi connectivity index (χ2n) is 10.6. The summed E-state index contributed by atoms with van der Waals surface area (Å²) < 4.78 is 5.49. The molecule has 5 rings (SSSR count). The summed E-state index contributed by atoms with van der Waals surface area (Å²) in [5.74, 6) is -1.27. The minimum atomic E-state index is -1.70. The molecule has 2 aromatic carbocycles. The van der Waals surface area contributed by atoms with E-state index in [2.05, 4.69) is 0 Å². The Labute approximate surface area is 221 Å². The SMILES string of the molecule is CCOC(=O)C1=C(N)N(c2ccc(C)c(Cl)c2)C2=C(C(=O)CC(C)(C)C2)C12C(=O)N(C)c1ccccc12. The number of Topliss-reactive ketones (excluding diaryl/α,β-unsaturated/α-hetero) is 1. The average molecular weight is 520 g/mol. The zero-order valence-corrected chi connectivity index (χ0v) is 22.4. The maximum absolute atomic E-state index is 14.3. The van der Waals surface area contributed by atoms with Crippen LogP contribution in [0.5, 0.6) is 0 Å². The number of hydrogen-bond donors (Lipinski definition) is 1. The van der Waals surface area contributed by atoms with E-state index >= 15 is 0 Å². The molecule has 0 radical (unpaired) electrons. The average Bonchev–Trinajstić information content (AvgIpc) is 3.03. The molecule has 0 saturated heterocycles. The Morgan fingerprint density at radius 1 is 1.14 bits per heavy atom. The van der Waals surface area contributed by atoms with Crippen LogP contribution in [-0.2, 0) is 24.5 Å². The molecule has 2 N–H and O–H groups in total. The van der Waals surface area contributed by atoms with Crippen LogP contribution in [0.4, 0.5) is 11.4 Å². The normalized spacial score (nSPS) is 22.5. The number of benzene rings is 2. The van der Waals surface area contributed by atoms with Crippen LogP contribution >= 0.6 is 11.6 Å². The molecule has 1 atom stereocenters. The van der Waals surface area contributed by atoms with E-state index in [-0.39, 0.29) is 35.8 Å². The Kier molecular flexibility index (Phi) is 5.75. The Hall–Kier alpha value is -3.58. The maximum atomic E-state index is 14.3. The Morgan fingerprint density at radius 2 is 1.84 bits per heavy atom. The van der Waals surface area contributed by atoms with E-state index in [0.717, 1.165) is 5.56 Å². The van der Waals surface area contributed by atoms with Crippen molar-refractivity contribution in [3.8, 4) is 0 Å². The van der Waals surface area contributed by atoms with Gasteiger partial charge in [0, 0.05) is 46.7 Å². The van der Waals surface area contributed by atoms with Crippen LogP contribution in [0.3, 0.4) is 0 Å².